The van der Waals surface area contributed by atoms with Gasteiger partial charge in [-0.1, -0.05) is 31.4 Å². The molecule has 0 aromatic heterocycles. The Hall–Kier alpha value is -2.14. The minimum atomic E-state index is -0.391. The SMILES string of the molecule is C=CCOC(=O)C(=C)CN(CC=C)CC=C.O=C1CCCN1. The van der Waals surface area contributed by atoms with Crippen molar-refractivity contribution >= 4 is 11.9 Å². The van der Waals surface area contributed by atoms with Crippen LogP contribution in [0.4, 0.5) is 0 Å². The minimum absolute atomic E-state index is 0.204. The van der Waals surface area contributed by atoms with Gasteiger partial charge in [0.1, 0.15) is 6.61 Å². The van der Waals surface area contributed by atoms with Crippen molar-refractivity contribution in [3.05, 3.63) is 50.1 Å². The van der Waals surface area contributed by atoms with Gasteiger partial charge < -0.3 is 10.1 Å². The van der Waals surface area contributed by atoms with Crippen molar-refractivity contribution in [1.29, 1.82) is 0 Å². The van der Waals surface area contributed by atoms with Crippen molar-refractivity contribution in [2.75, 3.05) is 32.8 Å². The van der Waals surface area contributed by atoms with Crippen molar-refractivity contribution in [3.63, 3.8) is 0 Å². The fraction of sp³-hybridized carbons (Fsp3) is 0.412. The molecule has 0 spiro atoms. The van der Waals surface area contributed by atoms with E-state index in [0.717, 1.165) is 19.4 Å². The third kappa shape index (κ3) is 9.72. The summed E-state index contributed by atoms with van der Waals surface area (Å²) in [4.78, 5) is 23.5. The molecule has 1 aliphatic rings. The molecule has 1 N–H and O–H groups in total. The second kappa shape index (κ2) is 12.6. The van der Waals surface area contributed by atoms with Gasteiger partial charge in [0, 0.05) is 38.2 Å². The molecule has 0 aliphatic carbocycles. The van der Waals surface area contributed by atoms with Crippen molar-refractivity contribution < 1.29 is 14.3 Å². The second-order valence-electron chi connectivity index (χ2n) is 4.72. The van der Waals surface area contributed by atoms with Crippen LogP contribution < -0.4 is 5.32 Å². The minimum Gasteiger partial charge on any atom is -0.458 e. The quantitative estimate of drug-likeness (QED) is 0.401. The molecule has 0 aromatic rings. The molecule has 5 nitrogen and oxygen atoms in total. The van der Waals surface area contributed by atoms with E-state index in [1.807, 2.05) is 4.90 Å². The monoisotopic (exact) mass is 306 g/mol. The molecule has 0 saturated carbocycles. The average molecular weight is 306 g/mol. The molecular formula is C17H26N2O3. The first-order valence-corrected chi connectivity index (χ1v) is 7.21. The maximum atomic E-state index is 11.4. The van der Waals surface area contributed by atoms with Crippen molar-refractivity contribution in [2.45, 2.75) is 12.8 Å². The lowest BCUT2D eigenvalue weighted by atomic mass is 10.2. The Morgan fingerprint density at radius 3 is 2.23 bits per heavy atom. The fourth-order valence-corrected chi connectivity index (χ4v) is 1.71. The molecular weight excluding hydrogens is 280 g/mol. The van der Waals surface area contributed by atoms with Gasteiger partial charge in [-0.25, -0.2) is 4.79 Å². The van der Waals surface area contributed by atoms with Gasteiger partial charge in [0.2, 0.25) is 5.91 Å². The molecule has 1 rings (SSSR count). The summed E-state index contributed by atoms with van der Waals surface area (Å²) < 4.78 is 4.88. The predicted molar refractivity (Wildman–Crippen MR) is 89.4 cm³/mol. The Labute approximate surface area is 133 Å². The zero-order chi connectivity index (χ0) is 16.8. The second-order valence-corrected chi connectivity index (χ2v) is 4.72. The molecule has 22 heavy (non-hydrogen) atoms. The summed E-state index contributed by atoms with van der Waals surface area (Å²) in [5.74, 6) is -0.187. The maximum Gasteiger partial charge on any atom is 0.335 e. The first kappa shape index (κ1) is 19.9. The zero-order valence-corrected chi connectivity index (χ0v) is 13.2. The van der Waals surface area contributed by atoms with Crippen LogP contribution in [-0.4, -0.2) is 49.6 Å². The van der Waals surface area contributed by atoms with Crippen LogP contribution in [0.25, 0.3) is 0 Å². The van der Waals surface area contributed by atoms with Gasteiger partial charge >= 0.3 is 5.97 Å². The van der Waals surface area contributed by atoms with Gasteiger partial charge in [-0.3, -0.25) is 9.69 Å². The van der Waals surface area contributed by atoms with Crippen molar-refractivity contribution in [3.8, 4) is 0 Å². The summed E-state index contributed by atoms with van der Waals surface area (Å²) >= 11 is 0. The molecule has 0 radical (unpaired) electrons. The number of rotatable bonds is 9. The summed E-state index contributed by atoms with van der Waals surface area (Å²) in [6.07, 6.45) is 6.83. The standard InChI is InChI=1S/C13H19NO2.C4H7NO/c1-5-8-14(9-6-2)11-12(4)13(15)16-10-7-3;6-4-2-1-3-5-4/h5-7H,1-4,8-11H2;1-3H2,(H,5,6). The summed E-state index contributed by atoms with van der Waals surface area (Å²) in [6.45, 7) is 17.4. The van der Waals surface area contributed by atoms with Crippen LogP contribution in [0.1, 0.15) is 12.8 Å². The fourth-order valence-electron chi connectivity index (χ4n) is 1.71. The van der Waals surface area contributed by atoms with Crippen LogP contribution in [0.2, 0.25) is 0 Å². The molecule has 1 saturated heterocycles. The first-order valence-electron chi connectivity index (χ1n) is 7.21. The van der Waals surface area contributed by atoms with Gasteiger partial charge in [-0.15, -0.1) is 13.2 Å². The van der Waals surface area contributed by atoms with Crippen LogP contribution in [-0.2, 0) is 14.3 Å². The van der Waals surface area contributed by atoms with Crippen molar-refractivity contribution in [1.82, 2.24) is 10.2 Å². The number of nitrogens with one attached hydrogen (secondary N) is 1. The molecule has 0 unspecified atom stereocenters. The number of amides is 1. The van der Waals surface area contributed by atoms with Crippen LogP contribution in [0.3, 0.4) is 0 Å². The van der Waals surface area contributed by atoms with Gasteiger partial charge in [-0.05, 0) is 6.42 Å². The van der Waals surface area contributed by atoms with Crippen LogP contribution in [0.15, 0.2) is 50.1 Å². The van der Waals surface area contributed by atoms with Crippen molar-refractivity contribution in [2.24, 2.45) is 0 Å². The van der Waals surface area contributed by atoms with Crippen LogP contribution >= 0.6 is 0 Å². The number of hydrogen-bond donors (Lipinski definition) is 1. The molecule has 122 valence electrons. The van der Waals surface area contributed by atoms with Gasteiger partial charge in [0.05, 0.1) is 0 Å². The highest BCUT2D eigenvalue weighted by Gasteiger charge is 2.11. The summed E-state index contributed by atoms with van der Waals surface area (Å²) in [7, 11) is 0. The molecule has 1 heterocycles. The topological polar surface area (TPSA) is 58.6 Å². The number of ether oxygens (including phenoxy) is 1. The largest absolute Gasteiger partial charge is 0.458 e. The van der Waals surface area contributed by atoms with E-state index in [0.29, 0.717) is 25.2 Å². The molecule has 1 amide bonds. The van der Waals surface area contributed by atoms with Gasteiger partial charge in [0.25, 0.3) is 0 Å². The number of carbonyl (C=O) groups excluding carboxylic acids is 2. The Balaban J connectivity index is 0.000000604. The summed E-state index contributed by atoms with van der Waals surface area (Å²) in [5.41, 5.74) is 0.422. The van der Waals surface area contributed by atoms with Gasteiger partial charge in [0.15, 0.2) is 0 Å². The molecule has 0 aromatic carbocycles. The Kier molecular flexibility index (Phi) is 11.4. The highest BCUT2D eigenvalue weighted by Crippen LogP contribution is 2.00. The number of carbonyl (C=O) groups is 2. The number of hydrogen-bond acceptors (Lipinski definition) is 4. The number of nitrogens with zero attached hydrogens (tertiary/aromatic N) is 1. The van der Waals surface area contributed by atoms with E-state index < -0.39 is 5.97 Å². The van der Waals surface area contributed by atoms with Crippen LogP contribution in [0, 0.1) is 0 Å². The Morgan fingerprint density at radius 1 is 1.23 bits per heavy atom. The van der Waals surface area contributed by atoms with Crippen LogP contribution in [0.5, 0.6) is 0 Å². The third-order valence-electron chi connectivity index (χ3n) is 2.71. The molecule has 0 atom stereocenters. The normalized spacial score (nSPS) is 12.7. The Morgan fingerprint density at radius 2 is 1.86 bits per heavy atom. The lowest BCUT2D eigenvalue weighted by Crippen LogP contribution is -2.28. The van der Waals surface area contributed by atoms with E-state index in [9.17, 15) is 9.59 Å². The smallest absolute Gasteiger partial charge is 0.335 e. The molecule has 5 heteroatoms. The third-order valence-corrected chi connectivity index (χ3v) is 2.71. The number of esters is 1. The van der Waals surface area contributed by atoms with E-state index in [2.05, 4.69) is 31.6 Å². The summed E-state index contributed by atoms with van der Waals surface area (Å²) in [5, 5.41) is 2.68. The first-order chi connectivity index (χ1) is 10.5. The van der Waals surface area contributed by atoms with Gasteiger partial charge in [-0.2, -0.15) is 0 Å². The maximum absolute atomic E-state index is 11.4. The zero-order valence-electron chi connectivity index (χ0n) is 13.2. The summed E-state index contributed by atoms with van der Waals surface area (Å²) in [6, 6.07) is 0. The van der Waals surface area contributed by atoms with E-state index in [-0.39, 0.29) is 12.5 Å². The molecule has 1 fully saturated rings. The lowest BCUT2D eigenvalue weighted by molar-refractivity contribution is -0.138. The van der Waals surface area contributed by atoms with E-state index in [1.54, 1.807) is 12.2 Å². The predicted octanol–water partition coefficient (Wildman–Crippen LogP) is 1.84. The van der Waals surface area contributed by atoms with E-state index in [4.69, 9.17) is 4.74 Å². The Bertz CT molecular complexity index is 398. The van der Waals surface area contributed by atoms with E-state index >= 15 is 0 Å². The average Bonchev–Trinajstić information content (AvgIpc) is 2.97. The van der Waals surface area contributed by atoms with E-state index in [1.165, 1.54) is 6.08 Å². The lowest BCUT2D eigenvalue weighted by Gasteiger charge is -2.19. The molecule has 0 bridgehead atoms. The highest BCUT2D eigenvalue weighted by molar-refractivity contribution is 5.88. The molecule has 1 aliphatic heterocycles. The highest BCUT2D eigenvalue weighted by atomic mass is 16.5.